The highest BCUT2D eigenvalue weighted by atomic mass is 16.3. The summed E-state index contributed by atoms with van der Waals surface area (Å²) in [5.74, 6) is -0.167. The third-order valence-electron chi connectivity index (χ3n) is 8.34. The highest BCUT2D eigenvalue weighted by molar-refractivity contribution is 5.95. The normalized spacial score (nSPS) is 12.9. The Morgan fingerprint density at radius 1 is 0.979 bits per heavy atom. The Morgan fingerprint density at radius 2 is 1.74 bits per heavy atom. The van der Waals surface area contributed by atoms with Gasteiger partial charge in [0, 0.05) is 36.5 Å². The predicted octanol–water partition coefficient (Wildman–Crippen LogP) is 4.24. The van der Waals surface area contributed by atoms with E-state index in [-0.39, 0.29) is 40.7 Å². The summed E-state index contributed by atoms with van der Waals surface area (Å²) in [5, 5.41) is 28.0. The number of rotatable bonds is 6. The first-order valence-electron chi connectivity index (χ1n) is 14.9. The van der Waals surface area contributed by atoms with Crippen molar-refractivity contribution < 1.29 is 15.0 Å². The smallest absolute Gasteiger partial charge is 0.348 e. The second-order valence-corrected chi connectivity index (χ2v) is 11.8. The molecule has 0 bridgehead atoms. The van der Waals surface area contributed by atoms with Crippen LogP contribution in [0.3, 0.4) is 0 Å². The molecule has 3 aromatic heterocycles. The number of aromatic nitrogens is 6. The topological polar surface area (TPSA) is 199 Å². The van der Waals surface area contributed by atoms with Gasteiger partial charge < -0.3 is 25.8 Å². The highest BCUT2D eigenvalue weighted by Crippen LogP contribution is 2.37. The van der Waals surface area contributed by atoms with E-state index < -0.39 is 5.69 Å². The number of anilines is 1. The maximum atomic E-state index is 13.5. The first kappa shape index (κ1) is 29.3. The zero-order valence-corrected chi connectivity index (χ0v) is 25.4. The fourth-order valence-electron chi connectivity index (χ4n) is 5.93. The number of aromatic amines is 3. The number of phenolic OH excluding ortho intramolecular Hbond substituents is 2. The second-order valence-electron chi connectivity index (χ2n) is 11.8. The highest BCUT2D eigenvalue weighted by Gasteiger charge is 2.26. The summed E-state index contributed by atoms with van der Waals surface area (Å²) < 4.78 is 1.37. The summed E-state index contributed by atoms with van der Waals surface area (Å²) in [6.45, 7) is 4.59. The molecule has 7 rings (SSSR count). The lowest BCUT2D eigenvalue weighted by Crippen LogP contribution is -2.25. The molecule has 1 amide bonds. The van der Waals surface area contributed by atoms with E-state index in [1.807, 2.05) is 44.2 Å². The third-order valence-corrected chi connectivity index (χ3v) is 8.34. The van der Waals surface area contributed by atoms with Gasteiger partial charge in [-0.05, 0) is 58.5 Å². The van der Waals surface area contributed by atoms with Gasteiger partial charge in [-0.1, -0.05) is 44.2 Å². The van der Waals surface area contributed by atoms with E-state index in [1.165, 1.54) is 10.6 Å². The molecule has 1 aliphatic rings. The van der Waals surface area contributed by atoms with Crippen LogP contribution in [-0.2, 0) is 13.1 Å². The molecule has 0 radical (unpaired) electrons. The fourth-order valence-corrected chi connectivity index (χ4v) is 5.93. The molecule has 0 saturated heterocycles. The number of amides is 1. The Hall–Kier alpha value is -6.37. The van der Waals surface area contributed by atoms with Crippen molar-refractivity contribution in [2.45, 2.75) is 32.9 Å². The first-order valence-corrected chi connectivity index (χ1v) is 14.9. The lowest BCUT2D eigenvalue weighted by atomic mass is 9.98. The van der Waals surface area contributed by atoms with Crippen LogP contribution < -0.4 is 17.0 Å². The van der Waals surface area contributed by atoms with E-state index in [0.717, 1.165) is 16.7 Å². The molecule has 6 aromatic rings. The Bertz CT molecular complexity index is 2340. The molecular formula is C34H30N8O5. The number of nitrogens with zero attached hydrogens (tertiary/aromatic N) is 4. The SMILES string of the molecule is CC(C)c1cc(-c2n[nH]c(=O)n2-c2ccc3c(c2)CN(C(=O)c2ccc(C=Cc4c[nH]c5nc(N)[nH]c(=O)c45)cc2)C3)c(O)cc1O. The van der Waals surface area contributed by atoms with Crippen molar-refractivity contribution in [2.24, 2.45) is 0 Å². The van der Waals surface area contributed by atoms with Crippen LogP contribution in [0.1, 0.15) is 57.9 Å². The number of carbonyl (C=O) groups is 1. The number of fused-ring (bicyclic) bond motifs is 2. The number of hydrogen-bond donors (Lipinski definition) is 6. The zero-order chi connectivity index (χ0) is 33.0. The van der Waals surface area contributed by atoms with Gasteiger partial charge in [0.15, 0.2) is 5.82 Å². The molecule has 3 aromatic carbocycles. The minimum absolute atomic E-state index is 0.0274. The third kappa shape index (κ3) is 5.23. The van der Waals surface area contributed by atoms with Gasteiger partial charge in [-0.2, -0.15) is 10.1 Å². The minimum atomic E-state index is -0.489. The largest absolute Gasteiger partial charge is 0.508 e. The van der Waals surface area contributed by atoms with Crippen molar-refractivity contribution in [1.82, 2.24) is 34.6 Å². The van der Waals surface area contributed by atoms with Crippen molar-refractivity contribution in [2.75, 3.05) is 5.73 Å². The Balaban J connectivity index is 1.10. The molecule has 0 atom stereocenters. The number of nitrogen functional groups attached to an aromatic ring is 1. The molecule has 0 fully saturated rings. The molecule has 4 heterocycles. The summed E-state index contributed by atoms with van der Waals surface area (Å²) in [6.07, 6.45) is 5.31. The number of nitrogens with one attached hydrogen (secondary N) is 3. The number of H-pyrrole nitrogens is 3. The van der Waals surface area contributed by atoms with E-state index in [1.54, 1.807) is 41.4 Å². The average molecular weight is 631 g/mol. The van der Waals surface area contributed by atoms with Crippen LogP contribution in [0.25, 0.3) is 40.3 Å². The van der Waals surface area contributed by atoms with Crippen LogP contribution in [0.4, 0.5) is 5.95 Å². The van der Waals surface area contributed by atoms with Gasteiger partial charge in [0.05, 0.1) is 16.6 Å². The van der Waals surface area contributed by atoms with Crippen molar-refractivity contribution >= 4 is 35.0 Å². The van der Waals surface area contributed by atoms with E-state index in [9.17, 15) is 24.6 Å². The lowest BCUT2D eigenvalue weighted by Gasteiger charge is -2.15. The van der Waals surface area contributed by atoms with E-state index in [4.69, 9.17) is 5.73 Å². The van der Waals surface area contributed by atoms with E-state index in [2.05, 4.69) is 25.1 Å². The molecule has 1 aliphatic heterocycles. The fraction of sp³-hybridized carbons (Fsp3) is 0.147. The Labute approximate surface area is 266 Å². The first-order chi connectivity index (χ1) is 22.6. The molecule has 0 unspecified atom stereocenters. The summed E-state index contributed by atoms with van der Waals surface area (Å²) in [6, 6.07) is 15.6. The summed E-state index contributed by atoms with van der Waals surface area (Å²) >= 11 is 0. The summed E-state index contributed by atoms with van der Waals surface area (Å²) in [7, 11) is 0. The van der Waals surface area contributed by atoms with Gasteiger partial charge in [0.25, 0.3) is 11.5 Å². The molecule has 0 saturated carbocycles. The monoisotopic (exact) mass is 630 g/mol. The van der Waals surface area contributed by atoms with E-state index in [0.29, 0.717) is 52.1 Å². The molecule has 0 aliphatic carbocycles. The molecule has 7 N–H and O–H groups in total. The molecule has 13 nitrogen and oxygen atoms in total. The van der Waals surface area contributed by atoms with Crippen LogP contribution in [-0.4, -0.2) is 50.7 Å². The van der Waals surface area contributed by atoms with Gasteiger partial charge in [0.2, 0.25) is 5.95 Å². The number of carbonyl (C=O) groups excluding carboxylic acids is 1. The molecule has 47 heavy (non-hydrogen) atoms. The van der Waals surface area contributed by atoms with E-state index >= 15 is 0 Å². The standard InChI is InChI=1S/C34H30N8O5/c1-17(2)24-12-25(27(44)13-26(24)43)30-39-40-34(47)42(30)23-10-9-21-15-41(16-22(21)11-23)32(46)19-6-3-18(4-7-19)5-8-20-14-36-29-28(20)31(45)38-33(35)37-29/h3-14,17,43-44H,15-16H2,1-2H3,(H,40,47)(H4,35,36,37,38,45). The van der Waals surface area contributed by atoms with Crippen LogP contribution in [0, 0.1) is 0 Å². The van der Waals surface area contributed by atoms with Crippen molar-refractivity contribution in [3.8, 4) is 28.6 Å². The predicted molar refractivity (Wildman–Crippen MR) is 177 cm³/mol. The quantitative estimate of drug-likeness (QED) is 0.157. The summed E-state index contributed by atoms with van der Waals surface area (Å²) in [5.41, 5.74) is 10.5. The number of aromatic hydroxyl groups is 2. The van der Waals surface area contributed by atoms with Gasteiger partial charge in [-0.3, -0.25) is 14.6 Å². The zero-order valence-electron chi connectivity index (χ0n) is 25.4. The Kier molecular flexibility index (Phi) is 7.00. The van der Waals surface area contributed by atoms with Crippen LogP contribution >= 0.6 is 0 Å². The molecular weight excluding hydrogens is 600 g/mol. The van der Waals surface area contributed by atoms with Crippen LogP contribution in [0.2, 0.25) is 0 Å². The number of nitrogens with two attached hydrogens (primary N) is 1. The van der Waals surface area contributed by atoms with Gasteiger partial charge in [0.1, 0.15) is 17.1 Å². The molecule has 0 spiro atoms. The number of hydrogen-bond acceptors (Lipinski definition) is 8. The van der Waals surface area contributed by atoms with Gasteiger partial charge >= 0.3 is 5.69 Å². The van der Waals surface area contributed by atoms with Crippen molar-refractivity contribution in [3.63, 3.8) is 0 Å². The average Bonchev–Trinajstić information content (AvgIpc) is 3.76. The minimum Gasteiger partial charge on any atom is -0.508 e. The Morgan fingerprint density at radius 3 is 2.51 bits per heavy atom. The molecule has 13 heteroatoms. The maximum absolute atomic E-state index is 13.5. The van der Waals surface area contributed by atoms with Crippen molar-refractivity contribution in [3.05, 3.63) is 115 Å². The molecule has 236 valence electrons. The van der Waals surface area contributed by atoms with Gasteiger partial charge in [-0.15, -0.1) is 0 Å². The van der Waals surface area contributed by atoms with Crippen molar-refractivity contribution in [1.29, 1.82) is 0 Å². The van der Waals surface area contributed by atoms with Crippen LogP contribution in [0.5, 0.6) is 11.5 Å². The van der Waals surface area contributed by atoms with Crippen LogP contribution in [0.15, 0.2) is 70.4 Å². The maximum Gasteiger partial charge on any atom is 0.348 e. The number of phenols is 2. The second kappa shape index (κ2) is 11.2. The lowest BCUT2D eigenvalue weighted by molar-refractivity contribution is 0.0751. The van der Waals surface area contributed by atoms with Gasteiger partial charge in [-0.25, -0.2) is 14.5 Å². The number of benzene rings is 3. The summed E-state index contributed by atoms with van der Waals surface area (Å²) in [4.78, 5) is 50.0.